The molecule has 0 saturated heterocycles. The van der Waals surface area contributed by atoms with E-state index in [4.69, 9.17) is 11.6 Å². The lowest BCUT2D eigenvalue weighted by molar-refractivity contribution is 0.0930. The molecule has 2 aromatic rings. The number of carbonyl (C=O) groups excluding carboxylic acids is 1. The summed E-state index contributed by atoms with van der Waals surface area (Å²) in [5.41, 5.74) is 3.36. The van der Waals surface area contributed by atoms with E-state index in [1.807, 2.05) is 24.3 Å². The van der Waals surface area contributed by atoms with Crippen LogP contribution in [0.2, 0.25) is 5.28 Å². The van der Waals surface area contributed by atoms with E-state index in [1.165, 1.54) is 0 Å². The summed E-state index contributed by atoms with van der Waals surface area (Å²) in [6.07, 6.45) is 1.63. The summed E-state index contributed by atoms with van der Waals surface area (Å²) in [7, 11) is 0. The largest absolute Gasteiger partial charge is 0.351 e. The van der Waals surface area contributed by atoms with Crippen LogP contribution in [0.1, 0.15) is 29.8 Å². The Labute approximate surface area is 122 Å². The monoisotopic (exact) mass is 287 g/mol. The number of halogens is 1. The lowest BCUT2D eigenvalue weighted by Gasteiger charge is -2.32. The zero-order chi connectivity index (χ0) is 14.3. The number of aromatic nitrogens is 2. The Kier molecular flexibility index (Phi) is 2.98. The Bertz CT molecular complexity index is 697. The van der Waals surface area contributed by atoms with Crippen LogP contribution in [0.3, 0.4) is 0 Å². The highest BCUT2D eigenvalue weighted by Crippen LogP contribution is 2.32. The van der Waals surface area contributed by atoms with Crippen LogP contribution in [-0.2, 0) is 5.41 Å². The van der Waals surface area contributed by atoms with Crippen LogP contribution < -0.4 is 5.32 Å². The van der Waals surface area contributed by atoms with Gasteiger partial charge in [0.1, 0.15) is 0 Å². The molecule has 2 heterocycles. The predicted octanol–water partition coefficient (Wildman–Crippen LogP) is 2.82. The van der Waals surface area contributed by atoms with Gasteiger partial charge in [0.25, 0.3) is 5.91 Å². The van der Waals surface area contributed by atoms with Crippen LogP contribution in [0.4, 0.5) is 0 Å². The maximum atomic E-state index is 11.9. The van der Waals surface area contributed by atoms with Crippen molar-refractivity contribution in [3.8, 4) is 11.3 Å². The molecule has 20 heavy (non-hydrogen) atoms. The second-order valence-corrected chi connectivity index (χ2v) is 5.88. The molecule has 102 valence electrons. The highest BCUT2D eigenvalue weighted by Gasteiger charge is 2.31. The number of benzene rings is 1. The van der Waals surface area contributed by atoms with Gasteiger partial charge >= 0.3 is 0 Å². The molecule has 4 nitrogen and oxygen atoms in total. The van der Waals surface area contributed by atoms with Gasteiger partial charge in [0.15, 0.2) is 0 Å². The normalized spacial score (nSPS) is 16.4. The van der Waals surface area contributed by atoms with Gasteiger partial charge in [-0.25, -0.2) is 9.97 Å². The van der Waals surface area contributed by atoms with Gasteiger partial charge in [0.2, 0.25) is 5.28 Å². The van der Waals surface area contributed by atoms with Gasteiger partial charge in [0, 0.05) is 29.3 Å². The molecule has 1 aromatic heterocycles. The number of amides is 1. The number of hydrogen-bond donors (Lipinski definition) is 1. The molecular weight excluding hydrogens is 274 g/mol. The number of nitrogens with zero attached hydrogens (tertiary/aromatic N) is 2. The van der Waals surface area contributed by atoms with Gasteiger partial charge in [-0.2, -0.15) is 0 Å². The molecule has 0 radical (unpaired) electrons. The van der Waals surface area contributed by atoms with Crippen LogP contribution in [-0.4, -0.2) is 22.4 Å². The van der Waals surface area contributed by atoms with Gasteiger partial charge in [-0.1, -0.05) is 19.9 Å². The van der Waals surface area contributed by atoms with Crippen molar-refractivity contribution in [2.24, 2.45) is 0 Å². The van der Waals surface area contributed by atoms with Crippen LogP contribution in [0.5, 0.6) is 0 Å². The van der Waals surface area contributed by atoms with Crippen molar-refractivity contribution in [3.05, 3.63) is 46.9 Å². The van der Waals surface area contributed by atoms with Crippen molar-refractivity contribution in [2.75, 3.05) is 6.54 Å². The molecular formula is C15H14ClN3O. The second kappa shape index (κ2) is 4.56. The SMILES string of the molecule is CC1(C)CNC(=O)c2ccc(-c3ccnc(Cl)n3)cc21. The summed E-state index contributed by atoms with van der Waals surface area (Å²) in [5, 5.41) is 3.13. The minimum Gasteiger partial charge on any atom is -0.351 e. The minimum atomic E-state index is -0.101. The number of hydrogen-bond acceptors (Lipinski definition) is 3. The quantitative estimate of drug-likeness (QED) is 0.821. The first-order valence-electron chi connectivity index (χ1n) is 6.39. The molecule has 0 saturated carbocycles. The number of nitrogens with one attached hydrogen (secondary N) is 1. The summed E-state index contributed by atoms with van der Waals surface area (Å²) >= 11 is 5.83. The van der Waals surface area contributed by atoms with Crippen molar-refractivity contribution in [1.29, 1.82) is 0 Å². The Balaban J connectivity index is 2.15. The van der Waals surface area contributed by atoms with E-state index in [0.717, 1.165) is 22.4 Å². The molecule has 1 aromatic carbocycles. The van der Waals surface area contributed by atoms with Crippen molar-refractivity contribution in [1.82, 2.24) is 15.3 Å². The Hall–Kier alpha value is -1.94. The molecule has 5 heteroatoms. The molecule has 1 aliphatic rings. The van der Waals surface area contributed by atoms with Crippen molar-refractivity contribution >= 4 is 17.5 Å². The zero-order valence-corrected chi connectivity index (χ0v) is 12.0. The van der Waals surface area contributed by atoms with Crippen molar-refractivity contribution in [2.45, 2.75) is 19.3 Å². The standard InChI is InChI=1S/C15H14ClN3O/c1-15(2)8-18-13(20)10-4-3-9(7-11(10)15)12-5-6-17-14(16)19-12/h3-7H,8H2,1-2H3,(H,18,20). The molecule has 0 bridgehead atoms. The average molecular weight is 288 g/mol. The average Bonchev–Trinajstić information content (AvgIpc) is 2.43. The molecule has 1 amide bonds. The first-order chi connectivity index (χ1) is 9.47. The van der Waals surface area contributed by atoms with E-state index in [2.05, 4.69) is 29.1 Å². The topological polar surface area (TPSA) is 54.9 Å². The van der Waals surface area contributed by atoms with E-state index in [1.54, 1.807) is 6.20 Å². The van der Waals surface area contributed by atoms with Crippen LogP contribution in [0.25, 0.3) is 11.3 Å². The highest BCUT2D eigenvalue weighted by atomic mass is 35.5. The number of rotatable bonds is 1. The van der Waals surface area contributed by atoms with Crippen molar-refractivity contribution < 1.29 is 4.79 Å². The van der Waals surface area contributed by atoms with E-state index >= 15 is 0 Å². The smallest absolute Gasteiger partial charge is 0.251 e. The summed E-state index contributed by atoms with van der Waals surface area (Å²) in [6, 6.07) is 7.56. The summed E-state index contributed by atoms with van der Waals surface area (Å²) < 4.78 is 0. The van der Waals surface area contributed by atoms with Crippen LogP contribution in [0, 0.1) is 0 Å². The highest BCUT2D eigenvalue weighted by molar-refractivity contribution is 6.28. The Morgan fingerprint density at radius 2 is 2.10 bits per heavy atom. The van der Waals surface area contributed by atoms with Crippen molar-refractivity contribution in [3.63, 3.8) is 0 Å². The molecule has 0 fully saturated rings. The third-order valence-corrected chi connectivity index (χ3v) is 3.79. The number of fused-ring (bicyclic) bond motifs is 1. The zero-order valence-electron chi connectivity index (χ0n) is 11.3. The molecule has 0 spiro atoms. The van der Waals surface area contributed by atoms with E-state index < -0.39 is 0 Å². The fourth-order valence-electron chi connectivity index (χ4n) is 2.45. The van der Waals surface area contributed by atoms with Gasteiger partial charge in [-0.15, -0.1) is 0 Å². The Morgan fingerprint density at radius 1 is 1.30 bits per heavy atom. The fourth-order valence-corrected chi connectivity index (χ4v) is 2.60. The van der Waals surface area contributed by atoms with Gasteiger partial charge in [-0.3, -0.25) is 4.79 Å². The fraction of sp³-hybridized carbons (Fsp3) is 0.267. The van der Waals surface area contributed by atoms with E-state index in [9.17, 15) is 4.79 Å². The second-order valence-electron chi connectivity index (χ2n) is 5.54. The summed E-state index contributed by atoms with van der Waals surface area (Å²) in [6.45, 7) is 4.86. The molecule has 0 aliphatic carbocycles. The molecule has 0 unspecified atom stereocenters. The Morgan fingerprint density at radius 3 is 2.85 bits per heavy atom. The predicted molar refractivity (Wildman–Crippen MR) is 77.8 cm³/mol. The summed E-state index contributed by atoms with van der Waals surface area (Å²) in [5.74, 6) is -0.0217. The van der Waals surface area contributed by atoms with E-state index in [0.29, 0.717) is 6.54 Å². The minimum absolute atomic E-state index is 0.0217. The van der Waals surface area contributed by atoms with Crippen LogP contribution >= 0.6 is 11.6 Å². The number of carbonyl (C=O) groups is 1. The maximum Gasteiger partial charge on any atom is 0.251 e. The van der Waals surface area contributed by atoms with Crippen LogP contribution in [0.15, 0.2) is 30.5 Å². The van der Waals surface area contributed by atoms with Gasteiger partial charge < -0.3 is 5.32 Å². The lowest BCUT2D eigenvalue weighted by Crippen LogP contribution is -2.43. The maximum absolute atomic E-state index is 11.9. The molecule has 1 aliphatic heterocycles. The summed E-state index contributed by atoms with van der Waals surface area (Å²) in [4.78, 5) is 20.0. The molecule has 0 atom stereocenters. The lowest BCUT2D eigenvalue weighted by atomic mass is 9.78. The first kappa shape index (κ1) is 13.1. The van der Waals surface area contributed by atoms with Gasteiger partial charge in [-0.05, 0) is 35.4 Å². The third-order valence-electron chi connectivity index (χ3n) is 3.61. The molecule has 1 N–H and O–H groups in total. The third kappa shape index (κ3) is 2.16. The first-order valence-corrected chi connectivity index (χ1v) is 6.77. The van der Waals surface area contributed by atoms with E-state index in [-0.39, 0.29) is 16.6 Å². The molecule has 3 rings (SSSR count). The van der Waals surface area contributed by atoms with Gasteiger partial charge in [0.05, 0.1) is 5.69 Å².